The van der Waals surface area contributed by atoms with Gasteiger partial charge in [0.15, 0.2) is 0 Å². The van der Waals surface area contributed by atoms with E-state index in [0.29, 0.717) is 50.4 Å². The molecule has 1 unspecified atom stereocenters. The molecule has 8 nitrogen and oxygen atoms in total. The number of rotatable bonds is 12. The molecule has 3 amide bonds. The van der Waals surface area contributed by atoms with Gasteiger partial charge in [0.05, 0.1) is 12.5 Å². The Kier molecular flexibility index (Phi) is 16.1. The van der Waals surface area contributed by atoms with Crippen LogP contribution >= 0.6 is 0 Å². The number of carbonyl (C=O) groups excluding carboxylic acids is 2. The summed E-state index contributed by atoms with van der Waals surface area (Å²) in [6, 6.07) is 28.1. The van der Waals surface area contributed by atoms with Crippen molar-refractivity contribution in [1.82, 2.24) is 25.8 Å². The number of ether oxygens (including phenoxy) is 1. The molecule has 51 heavy (non-hydrogen) atoms. The zero-order chi connectivity index (χ0) is 36.3. The first-order valence-electron chi connectivity index (χ1n) is 18.0. The first-order valence-corrected chi connectivity index (χ1v) is 18.0. The summed E-state index contributed by atoms with van der Waals surface area (Å²) < 4.78 is 4.93. The third-order valence-electron chi connectivity index (χ3n) is 8.75. The van der Waals surface area contributed by atoms with E-state index >= 15 is 0 Å². The van der Waals surface area contributed by atoms with Gasteiger partial charge in [-0.05, 0) is 60.6 Å². The molecule has 1 atom stereocenters. The number of hydrogen-bond acceptors (Lipinski definition) is 4. The number of hydrogen-bond donors (Lipinski definition) is 4. The smallest absolute Gasteiger partial charge is 0.318 e. The predicted molar refractivity (Wildman–Crippen MR) is 208 cm³/mol. The molecule has 0 saturated carbocycles. The Labute approximate surface area is 303 Å². The zero-order valence-corrected chi connectivity index (χ0v) is 30.6. The molecule has 1 aliphatic heterocycles. The molecule has 2 heterocycles. The van der Waals surface area contributed by atoms with Crippen molar-refractivity contribution in [2.45, 2.75) is 53.1 Å². The van der Waals surface area contributed by atoms with E-state index in [2.05, 4.69) is 57.9 Å². The van der Waals surface area contributed by atoms with Gasteiger partial charge in [0, 0.05) is 74.6 Å². The predicted octanol–water partition coefficient (Wildman–Crippen LogP) is 7.16. The van der Waals surface area contributed by atoms with Crippen molar-refractivity contribution in [2.24, 2.45) is 5.92 Å². The lowest BCUT2D eigenvalue weighted by atomic mass is 9.91. The Hall–Kier alpha value is -5.10. The van der Waals surface area contributed by atoms with Crippen molar-refractivity contribution in [3.63, 3.8) is 0 Å². The molecule has 8 heteroatoms. The molecule has 5 rings (SSSR count). The number of benzene rings is 3. The number of carbonyl (C=O) groups is 2. The molecular formula is C43H53N5O3. The standard InChI is InChI=1S/C35H43N5O2.C8H10O/c1-4-6-14-28(5-2)32(34(41)40-21-19-36-20-22-40)24-30(23-27-12-8-7-9-13-27)26(3)39-35(42)37-18-17-29-25-38-33-16-11-10-15-31(29)33;1-9-7-8-5-3-2-4-6-8/h7-13,15-16,24-25,28,36,38H,4-5,17-23H2,1-3H3,(H2,37,39,42);2-6H,7H2,1H3/b30-26+,32-24+;. The van der Waals surface area contributed by atoms with E-state index in [1.54, 1.807) is 7.11 Å². The topological polar surface area (TPSA) is 98.5 Å². The summed E-state index contributed by atoms with van der Waals surface area (Å²) in [5.41, 5.74) is 6.88. The number of nitrogens with one attached hydrogen (secondary N) is 4. The van der Waals surface area contributed by atoms with Crippen molar-refractivity contribution in [3.05, 3.63) is 131 Å². The highest BCUT2D eigenvalue weighted by Gasteiger charge is 2.25. The van der Waals surface area contributed by atoms with Crippen LogP contribution in [0, 0.1) is 17.8 Å². The SMILES string of the molecule is CCC#CC(CC)/C(=C\C(Cc1ccccc1)=C(/C)NC(=O)NCCc1c[nH]c2ccccc12)C(=O)N1CCNCC1.COCc1ccccc1. The summed E-state index contributed by atoms with van der Waals surface area (Å²) in [6.07, 6.45) is 6.75. The van der Waals surface area contributed by atoms with Crippen LogP contribution in [0.1, 0.15) is 50.3 Å². The Morgan fingerprint density at radius 3 is 2.27 bits per heavy atom. The van der Waals surface area contributed by atoms with E-state index in [4.69, 9.17) is 4.74 Å². The highest BCUT2D eigenvalue weighted by Crippen LogP contribution is 2.23. The van der Waals surface area contributed by atoms with Crippen molar-refractivity contribution < 1.29 is 14.3 Å². The minimum atomic E-state index is -0.265. The quantitative estimate of drug-likeness (QED) is 0.0722. The number of nitrogens with zero attached hydrogens (tertiary/aromatic N) is 1. The number of H-pyrrole nitrogens is 1. The minimum absolute atomic E-state index is 0.0234. The van der Waals surface area contributed by atoms with Crippen LogP contribution in [0.2, 0.25) is 0 Å². The van der Waals surface area contributed by atoms with E-state index in [-0.39, 0.29) is 17.9 Å². The van der Waals surface area contributed by atoms with Gasteiger partial charge in [-0.3, -0.25) is 4.79 Å². The Bertz CT molecular complexity index is 1790. The maximum Gasteiger partial charge on any atom is 0.318 e. The van der Waals surface area contributed by atoms with E-state index in [9.17, 15) is 9.59 Å². The van der Waals surface area contributed by atoms with Gasteiger partial charge in [-0.1, -0.05) is 98.6 Å². The maximum absolute atomic E-state index is 13.9. The molecule has 0 bridgehead atoms. The number of methoxy groups -OCH3 is 1. The van der Waals surface area contributed by atoms with Crippen LogP contribution in [0.4, 0.5) is 4.79 Å². The first-order chi connectivity index (χ1) is 24.9. The molecule has 3 aromatic carbocycles. The highest BCUT2D eigenvalue weighted by atomic mass is 16.5. The third-order valence-corrected chi connectivity index (χ3v) is 8.75. The van der Waals surface area contributed by atoms with E-state index in [1.807, 2.05) is 97.8 Å². The fourth-order valence-corrected chi connectivity index (χ4v) is 5.97. The molecule has 268 valence electrons. The van der Waals surface area contributed by atoms with E-state index in [1.165, 1.54) is 16.5 Å². The number of allylic oxidation sites excluding steroid dienone is 3. The molecule has 0 aliphatic carbocycles. The van der Waals surface area contributed by atoms with Gasteiger partial charge >= 0.3 is 6.03 Å². The van der Waals surface area contributed by atoms with Crippen molar-refractivity contribution in [2.75, 3.05) is 39.8 Å². The number of amides is 3. The second kappa shape index (κ2) is 21.2. The summed E-state index contributed by atoms with van der Waals surface area (Å²) in [5, 5.41) is 10.5. The normalized spacial score (nSPS) is 14.0. The zero-order valence-electron chi connectivity index (χ0n) is 30.6. The average molecular weight is 688 g/mol. The van der Waals surface area contributed by atoms with Crippen molar-refractivity contribution >= 4 is 22.8 Å². The lowest BCUT2D eigenvalue weighted by Gasteiger charge is -2.30. The molecule has 4 aromatic rings. The molecule has 0 spiro atoms. The lowest BCUT2D eigenvalue weighted by molar-refractivity contribution is -0.128. The highest BCUT2D eigenvalue weighted by molar-refractivity contribution is 5.95. The molecular weight excluding hydrogens is 635 g/mol. The minimum Gasteiger partial charge on any atom is -0.380 e. The van der Waals surface area contributed by atoms with Crippen LogP contribution in [0.3, 0.4) is 0 Å². The monoisotopic (exact) mass is 687 g/mol. The summed E-state index contributed by atoms with van der Waals surface area (Å²) in [5.74, 6) is 6.37. The number of aromatic amines is 1. The Morgan fingerprint density at radius 1 is 0.941 bits per heavy atom. The molecule has 1 aliphatic rings. The number of urea groups is 1. The van der Waals surface area contributed by atoms with Gasteiger partial charge in [0.1, 0.15) is 0 Å². The van der Waals surface area contributed by atoms with Gasteiger partial charge in [-0.25, -0.2) is 4.79 Å². The summed E-state index contributed by atoms with van der Waals surface area (Å²) in [4.78, 5) is 32.1. The first kappa shape index (κ1) is 38.7. The molecule has 1 aromatic heterocycles. The third kappa shape index (κ3) is 12.3. The number of aromatic nitrogens is 1. The number of fused-ring (bicyclic) bond motifs is 1. The summed E-state index contributed by atoms with van der Waals surface area (Å²) >= 11 is 0. The molecule has 0 radical (unpaired) electrons. The van der Waals surface area contributed by atoms with Gasteiger partial charge in [-0.15, -0.1) is 5.92 Å². The van der Waals surface area contributed by atoms with Crippen LogP contribution < -0.4 is 16.0 Å². The van der Waals surface area contributed by atoms with E-state index in [0.717, 1.165) is 42.6 Å². The number of para-hydroxylation sites is 1. The number of piperazine rings is 1. The van der Waals surface area contributed by atoms with Crippen molar-refractivity contribution in [1.29, 1.82) is 0 Å². The van der Waals surface area contributed by atoms with Crippen LogP contribution in [-0.4, -0.2) is 61.7 Å². The lowest BCUT2D eigenvalue weighted by Crippen LogP contribution is -2.47. The fraction of sp³-hybridized carbons (Fsp3) is 0.349. The Balaban J connectivity index is 0.000000563. The molecule has 1 saturated heterocycles. The molecule has 4 N–H and O–H groups in total. The largest absolute Gasteiger partial charge is 0.380 e. The average Bonchev–Trinajstić information content (AvgIpc) is 3.58. The van der Waals surface area contributed by atoms with E-state index < -0.39 is 0 Å². The Morgan fingerprint density at radius 2 is 1.61 bits per heavy atom. The maximum atomic E-state index is 13.9. The van der Waals surface area contributed by atoms with Crippen LogP contribution in [-0.2, 0) is 29.0 Å². The molecule has 1 fully saturated rings. The van der Waals surface area contributed by atoms with Gasteiger partial charge in [0.2, 0.25) is 0 Å². The van der Waals surface area contributed by atoms with Crippen LogP contribution in [0.5, 0.6) is 0 Å². The summed E-state index contributed by atoms with van der Waals surface area (Å²) in [7, 11) is 1.70. The fourth-order valence-electron chi connectivity index (χ4n) is 5.97. The van der Waals surface area contributed by atoms with Crippen molar-refractivity contribution in [3.8, 4) is 11.8 Å². The van der Waals surface area contributed by atoms with Crippen LogP contribution in [0.25, 0.3) is 10.9 Å². The second-order valence-electron chi connectivity index (χ2n) is 12.5. The summed E-state index contributed by atoms with van der Waals surface area (Å²) in [6.45, 7) is 10.1. The van der Waals surface area contributed by atoms with Gasteiger partial charge < -0.3 is 30.6 Å². The van der Waals surface area contributed by atoms with Gasteiger partial charge in [0.25, 0.3) is 5.91 Å². The second-order valence-corrected chi connectivity index (χ2v) is 12.5. The van der Waals surface area contributed by atoms with Gasteiger partial charge in [-0.2, -0.15) is 0 Å². The van der Waals surface area contributed by atoms with Crippen LogP contribution in [0.15, 0.2) is 114 Å².